The van der Waals surface area contributed by atoms with Crippen molar-refractivity contribution in [2.24, 2.45) is 5.92 Å². The molecule has 498 valence electrons. The molecule has 0 bridgehead atoms. The number of rotatable bonds is 39. The van der Waals surface area contributed by atoms with Crippen molar-refractivity contribution < 1.29 is 135 Å². The van der Waals surface area contributed by atoms with Crippen molar-refractivity contribution in [3.8, 4) is 0 Å². The zero-order valence-corrected chi connectivity index (χ0v) is 51.6. The van der Waals surface area contributed by atoms with E-state index in [1.54, 1.807) is 74.2 Å². The molecule has 1 aliphatic rings. The maximum absolute atomic E-state index is 13.9. The van der Waals surface area contributed by atoms with E-state index >= 15 is 0 Å². The van der Waals surface area contributed by atoms with Gasteiger partial charge in [0.15, 0.2) is 10.9 Å². The molecular weight excluding hydrogens is 1350 g/mol. The van der Waals surface area contributed by atoms with E-state index in [-0.39, 0.29) is 165 Å². The van der Waals surface area contributed by atoms with Gasteiger partial charge in [-0.1, -0.05) is 48.9 Å². The van der Waals surface area contributed by atoms with E-state index in [2.05, 4.69) is 26.6 Å². The maximum Gasteiger partial charge on any atom is 3.00 e. The Balaban J connectivity index is 0.0000270. The van der Waals surface area contributed by atoms with Crippen LogP contribution in [0.1, 0.15) is 88.2 Å². The Bertz CT molecular complexity index is 2680. The second-order valence-electron chi connectivity index (χ2n) is 21.3. The van der Waals surface area contributed by atoms with Gasteiger partial charge in [0.25, 0.3) is 0 Å². The van der Waals surface area contributed by atoms with Crippen LogP contribution in [0.15, 0.2) is 54.6 Å². The number of ketones is 1. The van der Waals surface area contributed by atoms with E-state index in [4.69, 9.17) is 17.3 Å². The van der Waals surface area contributed by atoms with Gasteiger partial charge in [-0.15, -0.1) is 0 Å². The summed E-state index contributed by atoms with van der Waals surface area (Å²) in [5.41, 5.74) is 2.10. The second kappa shape index (κ2) is 42.7. The molecule has 1 unspecified atom stereocenters. The summed E-state index contributed by atoms with van der Waals surface area (Å²) in [6.07, 6.45) is 0.124. The first-order valence-electron chi connectivity index (χ1n) is 28.8. The standard InChI is InChI=1S/C57H82N10O20S.Lu/c68-45(31-39(29-37-9-3-1-4-10-37)53(82)58-21-8-6-11-43(54(83)84)62-56(87)63-44(55(85)86)18-20-48(72)73)42(17-19-47(70)71)61-46(69)12-5-2-7-22-59-57(88)60-40-15-13-38(14-16-40)30-41-32-66(35-51(78)79)26-25-64(33-49(74)75)23-24-65(34-50(76)77)27-28-67(41)36-52(80)81;/h1,3-4,9-10,13-16,39,41-44H,2,5-8,11-12,17-36H2,(H,58,82)(H,61,69)(H,70,71)(H,72,73)(H,74,75)(H,76,77)(H,78,79)(H,80,81)(H,83,84)(H,85,86)(H2,59,60,88)(H2,62,63,87);/q;+3/t39-,41?,42+,43+,44+;/m1./s1. The largest absolute Gasteiger partial charge is 3.00 e. The fourth-order valence-electron chi connectivity index (χ4n) is 9.68. The number of nitrogens with one attached hydrogen (secondary N) is 6. The molecule has 14 N–H and O–H groups in total. The number of unbranched alkanes of at least 4 members (excludes halogenated alkanes) is 3. The molecule has 1 aliphatic heterocycles. The van der Waals surface area contributed by atoms with E-state index in [1.165, 1.54) is 0 Å². The van der Waals surface area contributed by atoms with Gasteiger partial charge >= 0.3 is 90.7 Å². The summed E-state index contributed by atoms with van der Waals surface area (Å²) in [4.78, 5) is 153. The van der Waals surface area contributed by atoms with Crippen LogP contribution in [0.5, 0.6) is 0 Å². The molecule has 1 heterocycles. The number of carboxylic acid groups (broad SMARTS) is 8. The minimum atomic E-state index is -1.58. The molecule has 2 aromatic carbocycles. The Morgan fingerprint density at radius 3 is 1.56 bits per heavy atom. The van der Waals surface area contributed by atoms with Crippen LogP contribution in [0.2, 0.25) is 0 Å². The number of carbonyl (C=O) groups is 12. The number of aliphatic carboxylic acids is 8. The van der Waals surface area contributed by atoms with Gasteiger partial charge < -0.3 is 72.8 Å². The second-order valence-corrected chi connectivity index (χ2v) is 21.7. The number of carbonyl (C=O) groups excluding carboxylic acids is 4. The number of amides is 4. The Labute approximate surface area is 548 Å². The molecule has 89 heavy (non-hydrogen) atoms. The maximum atomic E-state index is 13.9. The van der Waals surface area contributed by atoms with Crippen molar-refractivity contribution in [2.75, 3.05) is 90.4 Å². The van der Waals surface area contributed by atoms with Crippen LogP contribution >= 0.6 is 12.2 Å². The molecular formula is C57H82LuN10O20S+3. The molecule has 3 rings (SSSR count). The Hall–Kier alpha value is -7.16. The topological polar surface area (TPSA) is 452 Å². The number of nitrogens with zero attached hydrogens (tertiary/aromatic N) is 4. The first-order valence-corrected chi connectivity index (χ1v) is 29.2. The summed E-state index contributed by atoms with van der Waals surface area (Å²) in [7, 11) is 0. The van der Waals surface area contributed by atoms with Gasteiger partial charge in [-0.05, 0) is 93.3 Å². The van der Waals surface area contributed by atoms with Gasteiger partial charge in [0.2, 0.25) is 11.8 Å². The SMILES string of the molecule is O=C(O)CC[C@H](NC(=O)N[C@@H](CCCCNC(=O)[C@@H](CC(=O)[C@H](CCC(=O)O)NC(=O)CCCCCNC(=S)Nc1ccc(CC2CN(CC(=O)O)CCN(CC(=O)O)CCN(CC(=O)O)CCN2CC(=O)O)cc1)Cc1ccccc1)C(=O)O)C(=O)O.[Lu+3]. The molecule has 0 saturated carbocycles. The third-order valence-corrected chi connectivity index (χ3v) is 14.5. The predicted molar refractivity (Wildman–Crippen MR) is 318 cm³/mol. The summed E-state index contributed by atoms with van der Waals surface area (Å²) < 4.78 is 0. The molecule has 0 radical (unpaired) electrons. The van der Waals surface area contributed by atoms with E-state index in [0.717, 1.165) is 5.56 Å². The zero-order chi connectivity index (χ0) is 65.1. The Morgan fingerprint density at radius 1 is 0.506 bits per heavy atom. The van der Waals surface area contributed by atoms with Crippen molar-refractivity contribution in [2.45, 2.75) is 114 Å². The summed E-state index contributed by atoms with van der Waals surface area (Å²) in [6, 6.07) is 9.96. The van der Waals surface area contributed by atoms with Crippen LogP contribution in [-0.2, 0) is 65.6 Å². The molecule has 5 atom stereocenters. The van der Waals surface area contributed by atoms with Crippen LogP contribution in [0.3, 0.4) is 0 Å². The molecule has 1 saturated heterocycles. The molecule has 0 aromatic heterocycles. The van der Waals surface area contributed by atoms with E-state index < -0.39 is 127 Å². The number of hydrogen-bond donors (Lipinski definition) is 14. The Kier molecular flexibility index (Phi) is 37.4. The van der Waals surface area contributed by atoms with Gasteiger partial charge in [-0.25, -0.2) is 14.4 Å². The summed E-state index contributed by atoms with van der Waals surface area (Å²) in [5.74, 6) is -12.4. The number of hydrogen-bond acceptors (Lipinski definition) is 17. The minimum Gasteiger partial charge on any atom is -0.481 e. The van der Waals surface area contributed by atoms with Gasteiger partial charge in [0, 0.05) is 102 Å². The average Bonchev–Trinajstić information content (AvgIpc) is 3.62. The molecule has 0 aliphatic carbocycles. The monoisotopic (exact) mass is 1430 g/mol. The summed E-state index contributed by atoms with van der Waals surface area (Å²) >= 11 is 5.51. The number of Topliss-reactive ketones (excluding diaryl/α,β-unsaturated/α-hetero) is 1. The number of thiocarbonyl (C=S) groups is 1. The number of carboxylic acids is 8. The molecule has 30 nitrogen and oxygen atoms in total. The smallest absolute Gasteiger partial charge is 0.481 e. The summed E-state index contributed by atoms with van der Waals surface area (Å²) in [6.45, 7) is 0.00347. The van der Waals surface area contributed by atoms with Crippen molar-refractivity contribution >= 4 is 94.4 Å². The van der Waals surface area contributed by atoms with Crippen LogP contribution in [0.25, 0.3) is 0 Å². The van der Waals surface area contributed by atoms with E-state index in [1.807, 2.05) is 5.32 Å². The van der Waals surface area contributed by atoms with Crippen LogP contribution < -0.4 is 31.9 Å². The molecule has 32 heteroatoms. The fraction of sp³-hybridized carbons (Fsp3) is 0.561. The number of anilines is 1. The van der Waals surface area contributed by atoms with Crippen molar-refractivity contribution in [1.82, 2.24) is 46.2 Å². The van der Waals surface area contributed by atoms with Crippen LogP contribution in [0.4, 0.5) is 10.5 Å². The third kappa shape index (κ3) is 34.4. The van der Waals surface area contributed by atoms with Crippen molar-refractivity contribution in [1.29, 1.82) is 0 Å². The van der Waals surface area contributed by atoms with Gasteiger partial charge in [0.05, 0.1) is 32.2 Å². The first-order chi connectivity index (χ1) is 41.8. The quantitative estimate of drug-likeness (QED) is 0.0321. The number of benzene rings is 2. The van der Waals surface area contributed by atoms with Crippen LogP contribution in [-0.4, -0.2) is 246 Å². The van der Waals surface area contributed by atoms with Gasteiger partial charge in [-0.2, -0.15) is 0 Å². The number of urea groups is 1. The first kappa shape index (κ1) is 77.9. The molecule has 2 aromatic rings. The van der Waals surface area contributed by atoms with Crippen molar-refractivity contribution in [3.63, 3.8) is 0 Å². The fourth-order valence-corrected chi connectivity index (χ4v) is 9.90. The average molecular weight is 1430 g/mol. The van der Waals surface area contributed by atoms with Crippen LogP contribution in [0, 0.1) is 42.8 Å². The van der Waals surface area contributed by atoms with E-state index in [0.29, 0.717) is 37.1 Å². The summed E-state index contributed by atoms with van der Waals surface area (Å²) in [5, 5.41) is 92.2. The molecule has 1 fully saturated rings. The normalized spacial score (nSPS) is 15.7. The Morgan fingerprint density at radius 2 is 1.01 bits per heavy atom. The zero-order valence-electron chi connectivity index (χ0n) is 49.1. The molecule has 0 spiro atoms. The van der Waals surface area contributed by atoms with Crippen molar-refractivity contribution in [3.05, 3.63) is 65.7 Å². The van der Waals surface area contributed by atoms with Gasteiger partial charge in [0.1, 0.15) is 12.1 Å². The third-order valence-electron chi connectivity index (χ3n) is 14.2. The van der Waals surface area contributed by atoms with E-state index in [9.17, 15) is 93.3 Å². The minimum absolute atomic E-state index is 0. The van der Waals surface area contributed by atoms with Gasteiger partial charge in [-0.3, -0.25) is 62.8 Å². The molecule has 4 amide bonds. The predicted octanol–water partition coefficient (Wildman–Crippen LogP) is 0.529.